The van der Waals surface area contributed by atoms with Crippen LogP contribution in [0.5, 0.6) is 0 Å². The minimum absolute atomic E-state index is 0.140. The van der Waals surface area contributed by atoms with Crippen molar-refractivity contribution in [3.8, 4) is 11.4 Å². The van der Waals surface area contributed by atoms with Gasteiger partial charge in [-0.1, -0.05) is 30.7 Å². The maximum absolute atomic E-state index is 13.4. The Bertz CT molecular complexity index is 1320. The lowest BCUT2D eigenvalue weighted by molar-refractivity contribution is 0.0950. The summed E-state index contributed by atoms with van der Waals surface area (Å²) in [5.41, 5.74) is 1.41. The molecule has 1 atom stereocenters. The molecule has 1 fully saturated rings. The fraction of sp³-hybridized carbons (Fsp3) is 0.370. The van der Waals surface area contributed by atoms with Crippen LogP contribution in [0.25, 0.3) is 11.4 Å². The number of hydrogen-bond acceptors (Lipinski definition) is 6. The van der Waals surface area contributed by atoms with Gasteiger partial charge in [-0.15, -0.1) is 0 Å². The Balaban J connectivity index is 1.29. The topological polar surface area (TPSA) is 104 Å². The van der Waals surface area contributed by atoms with Crippen molar-refractivity contribution in [3.63, 3.8) is 0 Å². The molecule has 4 rings (SSSR count). The van der Waals surface area contributed by atoms with Crippen LogP contribution in [0.3, 0.4) is 0 Å². The Morgan fingerprint density at radius 2 is 1.89 bits per heavy atom. The van der Waals surface area contributed by atoms with Gasteiger partial charge in [0.05, 0.1) is 10.5 Å². The largest absolute Gasteiger partial charge is 0.348 e. The molecule has 0 saturated carbocycles. The van der Waals surface area contributed by atoms with Crippen LogP contribution in [0.15, 0.2) is 65.8 Å². The van der Waals surface area contributed by atoms with Crippen molar-refractivity contribution in [2.75, 3.05) is 19.6 Å². The molecule has 3 aromatic rings. The summed E-state index contributed by atoms with van der Waals surface area (Å²) >= 11 is 0. The van der Waals surface area contributed by atoms with Gasteiger partial charge in [0.15, 0.2) is 5.82 Å². The third kappa shape index (κ3) is 7.41. The summed E-state index contributed by atoms with van der Waals surface area (Å²) in [5.74, 6) is -0.481. The van der Waals surface area contributed by atoms with Crippen molar-refractivity contribution in [3.05, 3.63) is 77.9 Å². The van der Waals surface area contributed by atoms with Crippen molar-refractivity contribution in [1.29, 1.82) is 0 Å². The summed E-state index contributed by atoms with van der Waals surface area (Å²) in [7, 11) is -3.65. The van der Waals surface area contributed by atoms with E-state index in [1.165, 1.54) is 43.8 Å². The summed E-state index contributed by atoms with van der Waals surface area (Å²) in [6.45, 7) is 4.69. The lowest BCUT2D eigenvalue weighted by Crippen LogP contribution is -2.39. The molecule has 37 heavy (non-hydrogen) atoms. The van der Waals surface area contributed by atoms with Gasteiger partial charge in [-0.2, -0.15) is 0 Å². The number of rotatable bonds is 10. The number of piperidine rings is 1. The SMILES string of the molecule is CC1CCCCN1CCCNS(=O)(=O)c1cccc(CNC(=O)c2cnc(-c3cccc(F)c3)nc2)c1. The van der Waals surface area contributed by atoms with Crippen LogP contribution in [0, 0.1) is 5.82 Å². The van der Waals surface area contributed by atoms with Gasteiger partial charge in [-0.3, -0.25) is 4.79 Å². The number of amides is 1. The standard InChI is InChI=1S/C27H32FN5O3S/c1-20-7-2-3-13-33(20)14-6-12-32-37(35,36)25-11-4-8-21(15-25)17-31-27(34)23-18-29-26(30-19-23)22-9-5-10-24(28)16-22/h4-5,8-11,15-16,18-20,32H,2-3,6-7,12-14,17H2,1H3,(H,31,34). The highest BCUT2D eigenvalue weighted by Gasteiger charge is 2.18. The molecule has 1 aliphatic heterocycles. The molecule has 0 radical (unpaired) electrons. The van der Waals surface area contributed by atoms with Crippen LogP contribution in [0.2, 0.25) is 0 Å². The van der Waals surface area contributed by atoms with Crippen LogP contribution in [-0.4, -0.2) is 54.9 Å². The van der Waals surface area contributed by atoms with Gasteiger partial charge < -0.3 is 10.2 Å². The number of halogens is 1. The van der Waals surface area contributed by atoms with Gasteiger partial charge in [0.1, 0.15) is 5.82 Å². The van der Waals surface area contributed by atoms with E-state index < -0.39 is 21.7 Å². The number of nitrogens with one attached hydrogen (secondary N) is 2. The molecule has 0 bridgehead atoms. The number of aromatic nitrogens is 2. The van der Waals surface area contributed by atoms with E-state index in [1.807, 2.05) is 0 Å². The van der Waals surface area contributed by atoms with Gasteiger partial charge in [0.25, 0.3) is 5.91 Å². The number of hydrogen-bond donors (Lipinski definition) is 2. The first-order valence-corrected chi connectivity index (χ1v) is 14.0. The fourth-order valence-electron chi connectivity index (χ4n) is 4.39. The quantitative estimate of drug-likeness (QED) is 0.391. The lowest BCUT2D eigenvalue weighted by Gasteiger charge is -2.33. The lowest BCUT2D eigenvalue weighted by atomic mass is 10.0. The summed E-state index contributed by atoms with van der Waals surface area (Å²) in [5, 5.41) is 2.76. The van der Waals surface area contributed by atoms with E-state index in [-0.39, 0.29) is 17.0 Å². The van der Waals surface area contributed by atoms with Gasteiger partial charge in [0, 0.05) is 37.1 Å². The summed E-state index contributed by atoms with van der Waals surface area (Å²) in [4.78, 5) is 23.4. The van der Waals surface area contributed by atoms with Gasteiger partial charge in [-0.05, 0) is 69.1 Å². The molecular formula is C27H32FN5O3S. The molecule has 10 heteroatoms. The molecule has 1 aliphatic rings. The first-order chi connectivity index (χ1) is 17.8. The van der Waals surface area contributed by atoms with Crippen LogP contribution in [0.1, 0.15) is 48.5 Å². The van der Waals surface area contributed by atoms with E-state index in [0.29, 0.717) is 29.5 Å². The molecule has 0 spiro atoms. The fourth-order valence-corrected chi connectivity index (χ4v) is 5.53. The Morgan fingerprint density at radius 1 is 1.11 bits per heavy atom. The molecule has 0 aliphatic carbocycles. The molecular weight excluding hydrogens is 493 g/mol. The van der Waals surface area contributed by atoms with Gasteiger partial charge in [0.2, 0.25) is 10.0 Å². The Labute approximate surface area is 217 Å². The van der Waals surface area contributed by atoms with Crippen LogP contribution in [0.4, 0.5) is 4.39 Å². The first kappa shape index (κ1) is 26.8. The highest BCUT2D eigenvalue weighted by Crippen LogP contribution is 2.17. The second kappa shape index (κ2) is 12.4. The first-order valence-electron chi connectivity index (χ1n) is 12.5. The Hall–Kier alpha value is -3.21. The molecule has 1 aromatic heterocycles. The van der Waals surface area contributed by atoms with Crippen LogP contribution < -0.4 is 10.0 Å². The van der Waals surface area contributed by atoms with E-state index in [9.17, 15) is 17.6 Å². The Kier molecular flexibility index (Phi) is 8.96. The van der Waals surface area contributed by atoms with E-state index in [1.54, 1.807) is 36.4 Å². The number of likely N-dealkylation sites (tertiary alicyclic amines) is 1. The summed E-state index contributed by atoms with van der Waals surface area (Å²) < 4.78 is 41.7. The van der Waals surface area contributed by atoms with Crippen molar-refractivity contribution < 1.29 is 17.6 Å². The molecule has 1 unspecified atom stereocenters. The Morgan fingerprint density at radius 3 is 2.65 bits per heavy atom. The van der Waals surface area contributed by atoms with Crippen molar-refractivity contribution in [2.45, 2.75) is 50.1 Å². The van der Waals surface area contributed by atoms with E-state index in [0.717, 1.165) is 19.5 Å². The number of carbonyl (C=O) groups excluding carboxylic acids is 1. The summed E-state index contributed by atoms with van der Waals surface area (Å²) in [6, 6.07) is 13.0. The third-order valence-corrected chi connectivity index (χ3v) is 7.97. The van der Waals surface area contributed by atoms with E-state index >= 15 is 0 Å². The molecule has 1 amide bonds. The predicted molar refractivity (Wildman–Crippen MR) is 140 cm³/mol. The molecule has 2 aromatic carbocycles. The number of benzene rings is 2. The molecule has 1 saturated heterocycles. The van der Waals surface area contributed by atoms with Crippen LogP contribution in [-0.2, 0) is 16.6 Å². The van der Waals surface area contributed by atoms with E-state index in [4.69, 9.17) is 0 Å². The maximum Gasteiger partial charge on any atom is 0.254 e. The zero-order chi connectivity index (χ0) is 26.3. The minimum atomic E-state index is -3.65. The van der Waals surface area contributed by atoms with Gasteiger partial charge in [-0.25, -0.2) is 27.5 Å². The average molecular weight is 526 g/mol. The van der Waals surface area contributed by atoms with Crippen molar-refractivity contribution in [2.24, 2.45) is 0 Å². The monoisotopic (exact) mass is 525 g/mol. The minimum Gasteiger partial charge on any atom is -0.348 e. The molecule has 2 heterocycles. The maximum atomic E-state index is 13.4. The number of carbonyl (C=O) groups is 1. The zero-order valence-corrected chi connectivity index (χ0v) is 21.7. The highest BCUT2D eigenvalue weighted by atomic mass is 32.2. The van der Waals surface area contributed by atoms with Crippen molar-refractivity contribution in [1.82, 2.24) is 24.9 Å². The van der Waals surface area contributed by atoms with Crippen molar-refractivity contribution >= 4 is 15.9 Å². The second-order valence-corrected chi connectivity index (χ2v) is 11.0. The summed E-state index contributed by atoms with van der Waals surface area (Å²) in [6.07, 6.45) is 7.15. The third-order valence-electron chi connectivity index (χ3n) is 6.51. The van der Waals surface area contributed by atoms with E-state index in [2.05, 4.69) is 31.8 Å². The second-order valence-electron chi connectivity index (χ2n) is 9.27. The van der Waals surface area contributed by atoms with Crippen LogP contribution >= 0.6 is 0 Å². The molecule has 2 N–H and O–H groups in total. The number of sulfonamides is 1. The smallest absolute Gasteiger partial charge is 0.254 e. The zero-order valence-electron chi connectivity index (χ0n) is 20.9. The average Bonchev–Trinajstić information content (AvgIpc) is 2.91. The normalized spacial score (nSPS) is 16.4. The molecule has 196 valence electrons. The highest BCUT2D eigenvalue weighted by molar-refractivity contribution is 7.89. The molecule has 8 nitrogen and oxygen atoms in total. The predicted octanol–water partition coefficient (Wildman–Crippen LogP) is 3.76. The number of nitrogens with zero attached hydrogens (tertiary/aromatic N) is 3. The van der Waals surface area contributed by atoms with Gasteiger partial charge >= 0.3 is 0 Å².